The highest BCUT2D eigenvalue weighted by molar-refractivity contribution is 8.93. The van der Waals surface area contributed by atoms with Gasteiger partial charge in [0.2, 0.25) is 0 Å². The van der Waals surface area contributed by atoms with E-state index in [-0.39, 0.29) is 50.9 Å². The molecule has 0 aromatic carbocycles. The summed E-state index contributed by atoms with van der Waals surface area (Å²) in [5, 5.41) is 0. The Bertz CT molecular complexity index is 157. The van der Waals surface area contributed by atoms with Crippen LogP contribution in [0.4, 0.5) is 0 Å². The highest BCUT2D eigenvalue weighted by Crippen LogP contribution is 2.58. The average molecular weight is 438 g/mol. The van der Waals surface area contributed by atoms with Gasteiger partial charge >= 0.3 is 0 Å². The lowest BCUT2D eigenvalue weighted by Gasteiger charge is -2.22. The first kappa shape index (κ1) is 25.6. The lowest BCUT2D eigenvalue weighted by atomic mass is 10.7. The van der Waals surface area contributed by atoms with Gasteiger partial charge in [0, 0.05) is 7.26 Å². The number of allylic oxidation sites excluding steroid dienone is 4. The maximum absolute atomic E-state index is 3.82. The first-order valence-corrected chi connectivity index (χ1v) is 7.06. The SMILES string of the molecule is Br.Br.Br.C=CC[P+](CC=C)(CC=C)CC=C. The van der Waals surface area contributed by atoms with Crippen LogP contribution in [0.15, 0.2) is 50.6 Å². The average Bonchev–Trinajstić information content (AvgIpc) is 2.06. The quantitative estimate of drug-likeness (QED) is 0.348. The Labute approximate surface area is 133 Å². The second-order valence-corrected chi connectivity index (χ2v) is 7.37. The number of rotatable bonds is 8. The molecule has 0 bridgehead atoms. The largest absolute Gasteiger partial charge is 0.114 e. The van der Waals surface area contributed by atoms with Crippen molar-refractivity contribution >= 4 is 58.2 Å². The lowest BCUT2D eigenvalue weighted by Crippen LogP contribution is -2.07. The van der Waals surface area contributed by atoms with Crippen LogP contribution in [-0.2, 0) is 0 Å². The minimum absolute atomic E-state index is 0. The van der Waals surface area contributed by atoms with Crippen LogP contribution in [0.2, 0.25) is 0 Å². The molecule has 0 aromatic heterocycles. The summed E-state index contributed by atoms with van der Waals surface area (Å²) in [5.74, 6) is 0. The van der Waals surface area contributed by atoms with Gasteiger partial charge in [0.05, 0.1) is 24.6 Å². The number of hydrogen-bond donors (Lipinski definition) is 0. The molecule has 0 spiro atoms. The van der Waals surface area contributed by atoms with Crippen molar-refractivity contribution in [3.63, 3.8) is 0 Å². The molecule has 0 heterocycles. The Hall–Kier alpha value is 0.830. The fraction of sp³-hybridized carbons (Fsp3) is 0.333. The maximum atomic E-state index is 3.82. The Morgan fingerprint density at radius 2 is 0.750 bits per heavy atom. The van der Waals surface area contributed by atoms with E-state index in [0.717, 1.165) is 24.6 Å². The molecule has 0 aliphatic rings. The topological polar surface area (TPSA) is 0 Å². The molecule has 0 nitrogen and oxygen atoms in total. The second kappa shape index (κ2) is 15.8. The van der Waals surface area contributed by atoms with Gasteiger partial charge in [-0.25, -0.2) is 0 Å². The van der Waals surface area contributed by atoms with Crippen molar-refractivity contribution in [2.75, 3.05) is 24.6 Å². The highest BCUT2D eigenvalue weighted by Gasteiger charge is 2.31. The van der Waals surface area contributed by atoms with E-state index in [4.69, 9.17) is 0 Å². The Morgan fingerprint density at radius 1 is 0.562 bits per heavy atom. The summed E-state index contributed by atoms with van der Waals surface area (Å²) in [7, 11) is -0.968. The van der Waals surface area contributed by atoms with Crippen LogP contribution in [0.3, 0.4) is 0 Å². The van der Waals surface area contributed by atoms with Crippen molar-refractivity contribution in [3.8, 4) is 0 Å². The zero-order valence-corrected chi connectivity index (χ0v) is 15.7. The van der Waals surface area contributed by atoms with Crippen molar-refractivity contribution in [1.29, 1.82) is 0 Å². The van der Waals surface area contributed by atoms with Crippen LogP contribution in [0, 0.1) is 0 Å². The van der Waals surface area contributed by atoms with E-state index in [0.29, 0.717) is 0 Å². The molecule has 0 fully saturated rings. The molecule has 16 heavy (non-hydrogen) atoms. The Kier molecular flexibility index (Phi) is 25.3. The summed E-state index contributed by atoms with van der Waals surface area (Å²) in [4.78, 5) is 0. The van der Waals surface area contributed by atoms with Gasteiger partial charge in [0.25, 0.3) is 0 Å². The molecule has 0 aromatic rings. The van der Waals surface area contributed by atoms with E-state index >= 15 is 0 Å². The van der Waals surface area contributed by atoms with Crippen molar-refractivity contribution in [1.82, 2.24) is 0 Å². The van der Waals surface area contributed by atoms with Crippen LogP contribution in [0.5, 0.6) is 0 Å². The second-order valence-electron chi connectivity index (χ2n) is 3.23. The predicted octanol–water partition coefficient (Wildman–Crippen LogP) is 5.48. The molecule has 0 atom stereocenters. The number of halogens is 3. The smallest absolute Gasteiger partial charge is 0.0780 e. The van der Waals surface area contributed by atoms with Crippen molar-refractivity contribution in [2.24, 2.45) is 0 Å². The molecule has 0 aliphatic carbocycles. The van der Waals surface area contributed by atoms with Gasteiger partial charge in [0.15, 0.2) is 0 Å². The molecule has 4 heteroatoms. The molecule has 0 N–H and O–H groups in total. The molecule has 0 rings (SSSR count). The number of hydrogen-bond acceptors (Lipinski definition) is 0. The standard InChI is InChI=1S/C12H20P.3BrH/c1-5-9-13(10-6-2,11-7-3)12-8-4;;;/h5-8H,1-4,9-12H2;3*1H/q+1;;;. The first-order chi connectivity index (χ1) is 6.24. The van der Waals surface area contributed by atoms with E-state index in [9.17, 15) is 0 Å². The summed E-state index contributed by atoms with van der Waals surface area (Å²) < 4.78 is 0. The summed E-state index contributed by atoms with van der Waals surface area (Å²) in [5.41, 5.74) is 0. The van der Waals surface area contributed by atoms with Crippen LogP contribution < -0.4 is 0 Å². The molecule has 0 unspecified atom stereocenters. The summed E-state index contributed by atoms with van der Waals surface area (Å²) >= 11 is 0. The van der Waals surface area contributed by atoms with E-state index in [1.807, 2.05) is 24.3 Å². The highest BCUT2D eigenvalue weighted by atomic mass is 79.9. The normalized spacial score (nSPS) is 8.50. The molecule has 96 valence electrons. The fourth-order valence-corrected chi connectivity index (χ4v) is 4.63. The van der Waals surface area contributed by atoms with E-state index in [1.165, 1.54) is 0 Å². The molecule has 0 aliphatic heterocycles. The van der Waals surface area contributed by atoms with E-state index < -0.39 is 7.26 Å². The predicted molar refractivity (Wildman–Crippen MR) is 98.1 cm³/mol. The minimum Gasteiger partial charge on any atom is -0.114 e. The third-order valence-electron chi connectivity index (χ3n) is 2.07. The molecule has 0 saturated carbocycles. The third-order valence-corrected chi connectivity index (χ3v) is 6.20. The van der Waals surface area contributed by atoms with Crippen molar-refractivity contribution < 1.29 is 0 Å². The van der Waals surface area contributed by atoms with Gasteiger partial charge in [-0.1, -0.05) is 50.6 Å². The van der Waals surface area contributed by atoms with Gasteiger partial charge in [-0.3, -0.25) is 0 Å². The van der Waals surface area contributed by atoms with Crippen molar-refractivity contribution in [3.05, 3.63) is 50.6 Å². The van der Waals surface area contributed by atoms with Gasteiger partial charge in [-0.2, -0.15) is 0 Å². The van der Waals surface area contributed by atoms with Crippen LogP contribution >= 0.6 is 58.2 Å². The first-order valence-electron chi connectivity index (χ1n) is 4.53. The van der Waals surface area contributed by atoms with E-state index in [2.05, 4.69) is 26.3 Å². The molecule has 0 amide bonds. The van der Waals surface area contributed by atoms with Gasteiger partial charge in [-0.15, -0.1) is 50.9 Å². The molecular weight excluding hydrogens is 415 g/mol. The van der Waals surface area contributed by atoms with Crippen LogP contribution in [0.25, 0.3) is 0 Å². The monoisotopic (exact) mass is 435 g/mol. The third kappa shape index (κ3) is 10.0. The summed E-state index contributed by atoms with van der Waals surface area (Å²) in [6.45, 7) is 15.3. The Balaban J connectivity index is -0.000000240. The summed E-state index contributed by atoms with van der Waals surface area (Å²) in [6, 6.07) is 0. The minimum atomic E-state index is -0.968. The van der Waals surface area contributed by atoms with Gasteiger partial charge in [-0.05, 0) is 0 Å². The van der Waals surface area contributed by atoms with Gasteiger partial charge < -0.3 is 0 Å². The maximum Gasteiger partial charge on any atom is 0.0780 e. The van der Waals surface area contributed by atoms with Gasteiger partial charge in [0.1, 0.15) is 0 Å². The van der Waals surface area contributed by atoms with Crippen molar-refractivity contribution in [2.45, 2.75) is 0 Å². The molecule has 0 saturated heterocycles. The zero-order valence-electron chi connectivity index (χ0n) is 9.64. The zero-order chi connectivity index (χ0) is 10.2. The van der Waals surface area contributed by atoms with Crippen LogP contribution in [0.1, 0.15) is 0 Å². The van der Waals surface area contributed by atoms with E-state index in [1.54, 1.807) is 0 Å². The summed E-state index contributed by atoms with van der Waals surface area (Å²) in [6.07, 6.45) is 12.5. The lowest BCUT2D eigenvalue weighted by molar-refractivity contribution is 1.47. The fourth-order valence-electron chi connectivity index (χ4n) is 1.54. The molecular formula is C12H23Br3P+. The van der Waals surface area contributed by atoms with Crippen LogP contribution in [-0.4, -0.2) is 24.6 Å². The molecule has 0 radical (unpaired) electrons. The Morgan fingerprint density at radius 3 is 0.875 bits per heavy atom.